The number of alkyl halides is 2. The van der Waals surface area contributed by atoms with Crippen LogP contribution in [0.15, 0.2) is 36.7 Å². The van der Waals surface area contributed by atoms with Crippen molar-refractivity contribution in [2.45, 2.75) is 64.6 Å². The highest BCUT2D eigenvalue weighted by Crippen LogP contribution is 2.41. The predicted molar refractivity (Wildman–Crippen MR) is 129 cm³/mol. The van der Waals surface area contributed by atoms with E-state index in [-0.39, 0.29) is 22.8 Å². The number of Topliss-reactive ketones (excluding diaryl/α,β-unsaturated/α-hetero) is 1. The lowest BCUT2D eigenvalue weighted by molar-refractivity contribution is -0.0502. The molecule has 1 aromatic carbocycles. The van der Waals surface area contributed by atoms with E-state index in [1.807, 2.05) is 10.6 Å². The van der Waals surface area contributed by atoms with Crippen LogP contribution < -0.4 is 9.47 Å². The summed E-state index contributed by atoms with van der Waals surface area (Å²) >= 11 is 0. The molecule has 3 heterocycles. The molecule has 2 aromatic heterocycles. The van der Waals surface area contributed by atoms with Crippen LogP contribution in [-0.4, -0.2) is 46.4 Å². The minimum atomic E-state index is -3.05. The van der Waals surface area contributed by atoms with E-state index in [0.717, 1.165) is 31.5 Å². The van der Waals surface area contributed by atoms with E-state index in [2.05, 4.69) is 35.9 Å². The van der Waals surface area contributed by atoms with Crippen LogP contribution in [0.25, 0.3) is 16.9 Å². The topological polar surface area (TPSA) is 56.1 Å². The van der Waals surface area contributed by atoms with Gasteiger partial charge in [0.1, 0.15) is 22.7 Å². The van der Waals surface area contributed by atoms with Crippen molar-refractivity contribution in [1.82, 2.24) is 14.3 Å². The van der Waals surface area contributed by atoms with E-state index in [9.17, 15) is 13.6 Å². The number of rotatable bonds is 9. The molecule has 0 spiro atoms. The molecule has 1 unspecified atom stereocenters. The number of carbonyl (C=O) groups excluding carboxylic acids is 1. The molecule has 0 radical (unpaired) electrons. The molecule has 1 atom stereocenters. The monoisotopic (exact) mass is 483 g/mol. The highest BCUT2D eigenvalue weighted by atomic mass is 19.3. The summed E-state index contributed by atoms with van der Waals surface area (Å²) in [6.45, 7) is 2.47. The summed E-state index contributed by atoms with van der Waals surface area (Å²) in [5.74, 6) is 0.144. The number of pyridine rings is 1. The molecule has 1 saturated carbocycles. The number of methoxy groups -OCH3 is 1. The van der Waals surface area contributed by atoms with Gasteiger partial charge in [-0.3, -0.25) is 14.1 Å². The van der Waals surface area contributed by atoms with E-state index in [0.29, 0.717) is 35.7 Å². The van der Waals surface area contributed by atoms with Gasteiger partial charge in [-0.25, -0.2) is 4.98 Å². The molecule has 2 aliphatic rings. The Morgan fingerprint density at radius 1 is 1.17 bits per heavy atom. The highest BCUT2D eigenvalue weighted by Gasteiger charge is 2.30. The third kappa shape index (κ3) is 4.76. The van der Waals surface area contributed by atoms with Crippen LogP contribution >= 0.6 is 0 Å². The fourth-order valence-electron chi connectivity index (χ4n) is 5.23. The number of benzene rings is 1. The van der Waals surface area contributed by atoms with Gasteiger partial charge in [-0.2, -0.15) is 8.78 Å². The summed E-state index contributed by atoms with van der Waals surface area (Å²) in [5, 5.41) is 0. The van der Waals surface area contributed by atoms with Crippen LogP contribution in [0, 0.1) is 5.92 Å². The number of nitrogens with zero attached hydrogens (tertiary/aromatic N) is 3. The summed E-state index contributed by atoms with van der Waals surface area (Å²) in [6.07, 6.45) is 8.24. The molecule has 2 fully saturated rings. The van der Waals surface area contributed by atoms with Gasteiger partial charge in [-0.1, -0.05) is 0 Å². The summed E-state index contributed by atoms with van der Waals surface area (Å²) < 4.78 is 38.8. The molecule has 1 aliphatic heterocycles. The first-order valence-electron chi connectivity index (χ1n) is 12.3. The molecule has 0 amide bonds. The van der Waals surface area contributed by atoms with Crippen molar-refractivity contribution in [2.75, 3.05) is 13.7 Å². The Bertz CT molecular complexity index is 1240. The largest absolute Gasteiger partial charge is 0.496 e. The molecule has 35 heavy (non-hydrogen) atoms. The number of hydrogen-bond donors (Lipinski definition) is 0. The number of aromatic nitrogens is 2. The molecule has 1 aliphatic carbocycles. The zero-order chi connectivity index (χ0) is 24.7. The van der Waals surface area contributed by atoms with Crippen molar-refractivity contribution in [1.29, 1.82) is 0 Å². The van der Waals surface area contributed by atoms with Crippen molar-refractivity contribution >= 4 is 11.4 Å². The molecule has 0 N–H and O–H groups in total. The Hall–Kier alpha value is -3.00. The Balaban J connectivity index is 1.54. The SMILES string of the molecule is COc1cc(-c2cnc3cc(C4CCCN4C(C)C)ccn23)cc(OC(F)F)c1C(=O)CC1CC1. The molecular weight excluding hydrogens is 452 g/mol. The summed E-state index contributed by atoms with van der Waals surface area (Å²) in [6, 6.07) is 8.22. The Kier molecular flexibility index (Phi) is 6.49. The third-order valence-electron chi connectivity index (χ3n) is 7.13. The maximum atomic E-state index is 13.3. The van der Waals surface area contributed by atoms with Gasteiger partial charge < -0.3 is 9.47 Å². The lowest BCUT2D eigenvalue weighted by Crippen LogP contribution is -2.30. The number of fused-ring (bicyclic) bond motifs is 1. The van der Waals surface area contributed by atoms with Crippen LogP contribution in [0.4, 0.5) is 8.78 Å². The van der Waals surface area contributed by atoms with Gasteiger partial charge >= 0.3 is 6.61 Å². The Morgan fingerprint density at radius 3 is 2.63 bits per heavy atom. The van der Waals surface area contributed by atoms with Gasteiger partial charge in [-0.05, 0) is 81.8 Å². The number of hydrogen-bond acceptors (Lipinski definition) is 5. The minimum Gasteiger partial charge on any atom is -0.496 e. The van der Waals surface area contributed by atoms with Crippen molar-refractivity contribution in [2.24, 2.45) is 5.92 Å². The second kappa shape index (κ2) is 9.57. The van der Waals surface area contributed by atoms with Gasteiger partial charge in [0.05, 0.1) is 19.0 Å². The zero-order valence-corrected chi connectivity index (χ0v) is 20.3. The first-order chi connectivity index (χ1) is 16.9. The summed E-state index contributed by atoms with van der Waals surface area (Å²) in [7, 11) is 1.43. The Morgan fingerprint density at radius 2 is 1.94 bits per heavy atom. The maximum Gasteiger partial charge on any atom is 0.387 e. The van der Waals surface area contributed by atoms with Gasteiger partial charge in [-0.15, -0.1) is 0 Å². The number of likely N-dealkylation sites (tertiary alicyclic amines) is 1. The first kappa shape index (κ1) is 23.7. The van der Waals surface area contributed by atoms with Gasteiger partial charge in [0.15, 0.2) is 5.78 Å². The van der Waals surface area contributed by atoms with E-state index in [4.69, 9.17) is 9.47 Å². The van der Waals surface area contributed by atoms with Crippen molar-refractivity contribution < 1.29 is 23.0 Å². The molecule has 186 valence electrons. The summed E-state index contributed by atoms with van der Waals surface area (Å²) in [5.41, 5.74) is 3.37. The standard InChI is InChI=1S/C27H31F2N3O3/c1-16(2)31-9-4-5-20(31)18-8-10-32-21(15-30-25(32)14-18)19-12-23(34-3)26(22(33)11-17-6-7-17)24(13-19)35-27(28)29/h8,10,12-17,20,27H,4-7,9,11H2,1-3H3. The first-order valence-corrected chi connectivity index (χ1v) is 12.3. The van der Waals surface area contributed by atoms with Crippen LogP contribution in [0.1, 0.15) is 67.9 Å². The molecule has 5 rings (SSSR count). The molecule has 6 nitrogen and oxygen atoms in total. The maximum absolute atomic E-state index is 13.3. The number of ether oxygens (including phenoxy) is 2. The van der Waals surface area contributed by atoms with E-state index < -0.39 is 6.61 Å². The second-order valence-corrected chi connectivity index (χ2v) is 9.82. The van der Waals surface area contributed by atoms with Crippen LogP contribution in [0.2, 0.25) is 0 Å². The highest BCUT2D eigenvalue weighted by molar-refractivity contribution is 6.02. The number of ketones is 1. The summed E-state index contributed by atoms with van der Waals surface area (Å²) in [4.78, 5) is 20.0. The van der Waals surface area contributed by atoms with Crippen molar-refractivity contribution in [3.8, 4) is 22.8 Å². The zero-order valence-electron chi connectivity index (χ0n) is 20.3. The quantitative estimate of drug-likeness (QED) is 0.342. The number of halogens is 2. The normalized spacial score (nSPS) is 18.7. The van der Waals surface area contributed by atoms with Crippen molar-refractivity contribution in [3.05, 3.63) is 47.8 Å². The third-order valence-corrected chi connectivity index (χ3v) is 7.13. The van der Waals surface area contributed by atoms with E-state index in [1.165, 1.54) is 25.2 Å². The number of carbonyl (C=O) groups is 1. The molecule has 8 heteroatoms. The minimum absolute atomic E-state index is 0.0783. The average Bonchev–Trinajstić information content (AvgIpc) is 3.32. The fraction of sp³-hybridized carbons (Fsp3) is 0.481. The molecule has 0 bridgehead atoms. The molecule has 1 saturated heterocycles. The van der Waals surface area contributed by atoms with Crippen LogP contribution in [-0.2, 0) is 0 Å². The smallest absolute Gasteiger partial charge is 0.387 e. The lowest BCUT2D eigenvalue weighted by Gasteiger charge is -2.28. The molecular formula is C27H31F2N3O3. The fourth-order valence-corrected chi connectivity index (χ4v) is 5.23. The van der Waals surface area contributed by atoms with Gasteiger partial charge in [0.25, 0.3) is 0 Å². The van der Waals surface area contributed by atoms with Crippen LogP contribution in [0.5, 0.6) is 11.5 Å². The number of imidazole rings is 1. The van der Waals surface area contributed by atoms with E-state index in [1.54, 1.807) is 12.3 Å². The predicted octanol–water partition coefficient (Wildman–Crippen LogP) is 6.14. The average molecular weight is 484 g/mol. The van der Waals surface area contributed by atoms with E-state index >= 15 is 0 Å². The Labute approximate surface area is 203 Å². The van der Waals surface area contributed by atoms with Crippen molar-refractivity contribution in [3.63, 3.8) is 0 Å². The van der Waals surface area contributed by atoms with Crippen LogP contribution in [0.3, 0.4) is 0 Å². The molecule has 3 aromatic rings. The van der Waals surface area contributed by atoms with Gasteiger partial charge in [0.2, 0.25) is 0 Å². The second-order valence-electron chi connectivity index (χ2n) is 9.82. The van der Waals surface area contributed by atoms with Gasteiger partial charge in [0, 0.05) is 30.3 Å². The lowest BCUT2D eigenvalue weighted by atomic mass is 10.00.